The molecule has 0 aliphatic carbocycles. The molecule has 0 saturated carbocycles. The maximum atomic E-state index is 12.2. The average Bonchev–Trinajstić information content (AvgIpc) is 3.31. The van der Waals surface area contributed by atoms with Crippen molar-refractivity contribution < 1.29 is 9.59 Å². The van der Waals surface area contributed by atoms with Gasteiger partial charge in [0.2, 0.25) is 0 Å². The summed E-state index contributed by atoms with van der Waals surface area (Å²) in [7, 11) is 0. The molecule has 1 atom stereocenters. The lowest BCUT2D eigenvalue weighted by Gasteiger charge is -2.18. The highest BCUT2D eigenvalue weighted by atomic mass is 35.5. The molecule has 0 spiro atoms. The van der Waals surface area contributed by atoms with Crippen molar-refractivity contribution in [3.8, 4) is 0 Å². The summed E-state index contributed by atoms with van der Waals surface area (Å²) >= 11 is 7.43. The first-order valence-electron chi connectivity index (χ1n) is 8.80. The number of rotatable bonds is 6. The number of aromatic nitrogens is 2. The third kappa shape index (κ3) is 4.99. The number of thiophene rings is 1. The Balaban J connectivity index is 1.61. The first kappa shape index (κ1) is 20.1. The van der Waals surface area contributed by atoms with Gasteiger partial charge in [0.25, 0.3) is 0 Å². The maximum absolute atomic E-state index is 12.2. The van der Waals surface area contributed by atoms with Crippen LogP contribution in [0.25, 0.3) is 0 Å². The monoisotopic (exact) mass is 416 g/mol. The molecule has 2 N–H and O–H groups in total. The van der Waals surface area contributed by atoms with Crippen LogP contribution in [0.4, 0.5) is 0 Å². The molecule has 1 aromatic carbocycles. The minimum atomic E-state index is -0.673. The van der Waals surface area contributed by atoms with E-state index in [1.54, 1.807) is 35.6 Å². The zero-order valence-electron chi connectivity index (χ0n) is 15.6. The second kappa shape index (κ2) is 9.03. The SMILES string of the molecule is Cc1cc(C)n(C(CNC(=O)C(=O)NCc2ccc(Cl)cc2)c2cccs2)n1. The molecule has 0 aliphatic heterocycles. The van der Waals surface area contributed by atoms with Crippen LogP contribution in [-0.4, -0.2) is 28.1 Å². The number of hydrogen-bond acceptors (Lipinski definition) is 4. The van der Waals surface area contributed by atoms with E-state index in [4.69, 9.17) is 11.6 Å². The molecule has 2 aromatic heterocycles. The van der Waals surface area contributed by atoms with E-state index in [0.717, 1.165) is 21.8 Å². The fraction of sp³-hybridized carbons (Fsp3) is 0.250. The van der Waals surface area contributed by atoms with Crippen LogP contribution in [0.1, 0.15) is 27.9 Å². The molecular formula is C20H21ClN4O2S. The van der Waals surface area contributed by atoms with Crippen LogP contribution in [-0.2, 0) is 16.1 Å². The summed E-state index contributed by atoms with van der Waals surface area (Å²) in [5.74, 6) is -1.34. The van der Waals surface area contributed by atoms with Crippen LogP contribution in [0.2, 0.25) is 5.02 Å². The molecule has 28 heavy (non-hydrogen) atoms. The van der Waals surface area contributed by atoms with Crippen molar-refractivity contribution in [3.63, 3.8) is 0 Å². The fourth-order valence-corrected chi connectivity index (χ4v) is 3.82. The standard InChI is InChI=1S/C20H21ClN4O2S/c1-13-10-14(2)25(24-13)17(18-4-3-9-28-18)12-23-20(27)19(26)22-11-15-5-7-16(21)8-6-15/h3-10,17H,11-12H2,1-2H3,(H,22,26)(H,23,27). The summed E-state index contributed by atoms with van der Waals surface area (Å²) in [4.78, 5) is 25.4. The fourth-order valence-electron chi connectivity index (χ4n) is 2.88. The van der Waals surface area contributed by atoms with Gasteiger partial charge in [-0.15, -0.1) is 11.3 Å². The number of hydrogen-bond donors (Lipinski definition) is 2. The Morgan fingerprint density at radius 2 is 1.86 bits per heavy atom. The van der Waals surface area contributed by atoms with Crippen LogP contribution in [0, 0.1) is 13.8 Å². The van der Waals surface area contributed by atoms with Crippen molar-refractivity contribution in [2.45, 2.75) is 26.4 Å². The Labute approximate surface area is 172 Å². The van der Waals surface area contributed by atoms with E-state index in [-0.39, 0.29) is 19.1 Å². The highest BCUT2D eigenvalue weighted by molar-refractivity contribution is 7.10. The number of nitrogens with zero attached hydrogens (tertiary/aromatic N) is 2. The molecule has 2 heterocycles. The number of nitrogens with one attached hydrogen (secondary N) is 2. The first-order valence-corrected chi connectivity index (χ1v) is 10.1. The summed E-state index contributed by atoms with van der Waals surface area (Å²) in [5.41, 5.74) is 2.77. The van der Waals surface area contributed by atoms with Gasteiger partial charge in [-0.2, -0.15) is 5.10 Å². The van der Waals surface area contributed by atoms with Crippen LogP contribution in [0.15, 0.2) is 47.8 Å². The van der Waals surface area contributed by atoms with Crippen LogP contribution in [0.3, 0.4) is 0 Å². The predicted octanol–water partition coefficient (Wildman–Crippen LogP) is 3.24. The van der Waals surface area contributed by atoms with Crippen LogP contribution < -0.4 is 10.6 Å². The number of benzene rings is 1. The van der Waals surface area contributed by atoms with Gasteiger partial charge in [0, 0.05) is 28.7 Å². The van der Waals surface area contributed by atoms with Gasteiger partial charge < -0.3 is 10.6 Å². The summed E-state index contributed by atoms with van der Waals surface area (Å²) in [6.45, 7) is 4.43. The lowest BCUT2D eigenvalue weighted by molar-refractivity contribution is -0.139. The van der Waals surface area contributed by atoms with E-state index in [1.165, 1.54) is 0 Å². The molecule has 0 radical (unpaired) electrons. The van der Waals surface area contributed by atoms with Crippen LogP contribution >= 0.6 is 22.9 Å². The summed E-state index contributed by atoms with van der Waals surface area (Å²) in [6, 6.07) is 12.9. The number of aryl methyl sites for hydroxylation is 2. The summed E-state index contributed by atoms with van der Waals surface area (Å²) in [6.07, 6.45) is 0. The third-order valence-corrected chi connectivity index (χ3v) is 5.47. The van der Waals surface area contributed by atoms with Crippen molar-refractivity contribution >= 4 is 34.8 Å². The zero-order chi connectivity index (χ0) is 20.1. The van der Waals surface area contributed by atoms with Crippen molar-refractivity contribution in [1.82, 2.24) is 20.4 Å². The molecule has 0 aliphatic rings. The van der Waals surface area contributed by atoms with Crippen molar-refractivity contribution in [1.29, 1.82) is 0 Å². The van der Waals surface area contributed by atoms with Crippen molar-refractivity contribution in [2.75, 3.05) is 6.54 Å². The molecule has 146 valence electrons. The highest BCUT2D eigenvalue weighted by Crippen LogP contribution is 2.24. The lowest BCUT2D eigenvalue weighted by Crippen LogP contribution is -2.42. The third-order valence-electron chi connectivity index (χ3n) is 4.24. The summed E-state index contributed by atoms with van der Waals surface area (Å²) in [5, 5.41) is 12.5. The van der Waals surface area contributed by atoms with Gasteiger partial charge in [0.1, 0.15) is 6.04 Å². The molecule has 8 heteroatoms. The Kier molecular flexibility index (Phi) is 6.49. The van der Waals surface area contributed by atoms with Gasteiger partial charge in [-0.25, -0.2) is 0 Å². The summed E-state index contributed by atoms with van der Waals surface area (Å²) < 4.78 is 1.88. The largest absolute Gasteiger partial charge is 0.345 e. The molecule has 0 fully saturated rings. The first-order chi connectivity index (χ1) is 13.4. The van der Waals surface area contributed by atoms with Gasteiger partial charge >= 0.3 is 11.8 Å². The molecular weight excluding hydrogens is 396 g/mol. The molecule has 2 amide bonds. The van der Waals surface area contributed by atoms with E-state index >= 15 is 0 Å². The van der Waals surface area contributed by atoms with Gasteiger partial charge in [-0.05, 0) is 49.1 Å². The van der Waals surface area contributed by atoms with E-state index in [2.05, 4.69) is 15.7 Å². The van der Waals surface area contributed by atoms with E-state index in [0.29, 0.717) is 5.02 Å². The zero-order valence-corrected chi connectivity index (χ0v) is 17.2. The Bertz CT molecular complexity index is 951. The molecule has 0 bridgehead atoms. The quantitative estimate of drug-likeness (QED) is 0.605. The van der Waals surface area contributed by atoms with Gasteiger partial charge in [-0.1, -0.05) is 29.8 Å². The van der Waals surface area contributed by atoms with E-state index < -0.39 is 11.8 Å². The lowest BCUT2D eigenvalue weighted by atomic mass is 10.2. The van der Waals surface area contributed by atoms with Gasteiger partial charge in [0.15, 0.2) is 0 Å². The number of carbonyl (C=O) groups is 2. The smallest absolute Gasteiger partial charge is 0.309 e. The van der Waals surface area contributed by atoms with Crippen molar-refractivity contribution in [2.24, 2.45) is 0 Å². The minimum absolute atomic E-state index is 0.165. The maximum Gasteiger partial charge on any atom is 0.309 e. The minimum Gasteiger partial charge on any atom is -0.345 e. The highest BCUT2D eigenvalue weighted by Gasteiger charge is 2.21. The van der Waals surface area contributed by atoms with Gasteiger partial charge in [0.05, 0.1) is 5.69 Å². The number of carbonyl (C=O) groups excluding carboxylic acids is 2. The van der Waals surface area contributed by atoms with Crippen molar-refractivity contribution in [3.05, 3.63) is 74.7 Å². The Morgan fingerprint density at radius 1 is 1.14 bits per heavy atom. The van der Waals surface area contributed by atoms with E-state index in [1.807, 2.05) is 42.1 Å². The second-order valence-electron chi connectivity index (χ2n) is 6.42. The van der Waals surface area contributed by atoms with Crippen LogP contribution in [0.5, 0.6) is 0 Å². The Morgan fingerprint density at radius 3 is 2.46 bits per heavy atom. The normalized spacial score (nSPS) is 11.8. The molecule has 3 aromatic rings. The molecule has 1 unspecified atom stereocenters. The van der Waals surface area contributed by atoms with E-state index in [9.17, 15) is 9.59 Å². The second-order valence-corrected chi connectivity index (χ2v) is 7.84. The molecule has 0 saturated heterocycles. The number of amides is 2. The average molecular weight is 417 g/mol. The Hall–Kier alpha value is -2.64. The topological polar surface area (TPSA) is 76.0 Å². The van der Waals surface area contributed by atoms with Gasteiger partial charge in [-0.3, -0.25) is 14.3 Å². The molecule has 3 rings (SSSR count). The molecule has 6 nitrogen and oxygen atoms in total. The predicted molar refractivity (Wildman–Crippen MR) is 110 cm³/mol. The number of halogens is 1.